The van der Waals surface area contributed by atoms with Crippen molar-refractivity contribution in [2.45, 2.75) is 25.4 Å². The van der Waals surface area contributed by atoms with Crippen LogP contribution in [0.4, 0.5) is 0 Å². The Morgan fingerprint density at radius 1 is 1.59 bits per heavy atom. The Morgan fingerprint density at radius 3 is 3.06 bits per heavy atom. The van der Waals surface area contributed by atoms with E-state index in [1.165, 1.54) is 11.9 Å². The maximum Gasteiger partial charge on any atom is 0.291 e. The van der Waals surface area contributed by atoms with Crippen LogP contribution in [0.2, 0.25) is 0 Å². The predicted molar refractivity (Wildman–Crippen MR) is 63.6 cm³/mol. The van der Waals surface area contributed by atoms with Crippen molar-refractivity contribution in [3.8, 4) is 0 Å². The Balaban J connectivity index is 1.78. The monoisotopic (exact) mass is 248 g/mol. The number of carbonyl (C=O) groups excluding carboxylic acids is 1. The first-order valence-corrected chi connectivity index (χ1v) is 6.46. The van der Waals surface area contributed by atoms with Crippen LogP contribution in [-0.4, -0.2) is 32.0 Å². The number of thiophene rings is 1. The summed E-state index contributed by atoms with van der Waals surface area (Å²) in [5.41, 5.74) is 1.18. The fraction of sp³-hybridized carbons (Fsp3) is 0.364. The molecule has 1 aliphatic rings. The van der Waals surface area contributed by atoms with E-state index in [0.717, 1.165) is 12.8 Å². The molecule has 0 aliphatic heterocycles. The highest BCUT2D eigenvalue weighted by Crippen LogP contribution is 2.29. The second kappa shape index (κ2) is 4.29. The van der Waals surface area contributed by atoms with Crippen LogP contribution in [-0.2, 0) is 6.54 Å². The molecule has 88 valence electrons. The number of rotatable bonds is 4. The van der Waals surface area contributed by atoms with Gasteiger partial charge in [-0.3, -0.25) is 9.89 Å². The molecule has 1 N–H and O–H groups in total. The molecule has 1 saturated carbocycles. The molecule has 2 heterocycles. The lowest BCUT2D eigenvalue weighted by atomic mass is 10.3. The molecule has 0 bridgehead atoms. The molecule has 0 atom stereocenters. The zero-order valence-electron chi connectivity index (χ0n) is 9.17. The third kappa shape index (κ3) is 2.21. The van der Waals surface area contributed by atoms with Crippen LogP contribution < -0.4 is 0 Å². The summed E-state index contributed by atoms with van der Waals surface area (Å²) in [5.74, 6) is 0.267. The molecule has 6 heteroatoms. The zero-order valence-corrected chi connectivity index (χ0v) is 9.98. The number of H-pyrrole nitrogens is 1. The van der Waals surface area contributed by atoms with Crippen molar-refractivity contribution in [2.75, 3.05) is 0 Å². The summed E-state index contributed by atoms with van der Waals surface area (Å²) in [7, 11) is 0. The predicted octanol–water partition coefficient (Wildman–Crippen LogP) is 1.67. The third-order valence-corrected chi connectivity index (χ3v) is 3.53. The zero-order chi connectivity index (χ0) is 11.7. The van der Waals surface area contributed by atoms with Gasteiger partial charge >= 0.3 is 0 Å². The van der Waals surface area contributed by atoms with E-state index in [1.807, 2.05) is 16.3 Å². The van der Waals surface area contributed by atoms with Crippen LogP contribution in [0, 0.1) is 0 Å². The minimum Gasteiger partial charge on any atom is -0.329 e. The average molecular weight is 248 g/mol. The lowest BCUT2D eigenvalue weighted by Crippen LogP contribution is -2.33. The van der Waals surface area contributed by atoms with Crippen LogP contribution in [0.25, 0.3) is 0 Å². The van der Waals surface area contributed by atoms with Crippen molar-refractivity contribution in [2.24, 2.45) is 0 Å². The quantitative estimate of drug-likeness (QED) is 0.895. The maximum absolute atomic E-state index is 12.2. The number of amides is 1. The van der Waals surface area contributed by atoms with Gasteiger partial charge in [0.1, 0.15) is 6.33 Å². The summed E-state index contributed by atoms with van der Waals surface area (Å²) in [6, 6.07) is 2.42. The Kier molecular flexibility index (Phi) is 2.64. The molecule has 17 heavy (non-hydrogen) atoms. The Bertz CT molecular complexity index is 490. The van der Waals surface area contributed by atoms with Crippen molar-refractivity contribution in [1.82, 2.24) is 20.1 Å². The number of aromatic nitrogens is 3. The standard InChI is InChI=1S/C11H12N4OS/c16-11(10-12-7-13-14-10)15(9-1-2-9)5-8-3-4-17-6-8/h3-4,6-7,9H,1-2,5H2,(H,12,13,14). The highest BCUT2D eigenvalue weighted by atomic mass is 32.1. The summed E-state index contributed by atoms with van der Waals surface area (Å²) >= 11 is 1.65. The highest BCUT2D eigenvalue weighted by molar-refractivity contribution is 7.07. The summed E-state index contributed by atoms with van der Waals surface area (Å²) in [6.45, 7) is 0.660. The fourth-order valence-corrected chi connectivity index (χ4v) is 2.44. The number of nitrogens with one attached hydrogen (secondary N) is 1. The normalized spacial score (nSPS) is 14.8. The number of carbonyl (C=O) groups is 1. The average Bonchev–Trinajstić information content (AvgIpc) is 2.86. The van der Waals surface area contributed by atoms with Crippen LogP contribution in [0.15, 0.2) is 23.2 Å². The van der Waals surface area contributed by atoms with Gasteiger partial charge in [-0.05, 0) is 35.2 Å². The highest BCUT2D eigenvalue weighted by Gasteiger charge is 2.34. The van der Waals surface area contributed by atoms with Crippen LogP contribution in [0.1, 0.15) is 29.0 Å². The molecule has 1 fully saturated rings. The molecule has 2 aromatic heterocycles. The molecule has 0 aromatic carbocycles. The van der Waals surface area contributed by atoms with Crippen molar-refractivity contribution in [1.29, 1.82) is 0 Å². The molecule has 0 saturated heterocycles. The second-order valence-corrected chi connectivity index (χ2v) is 4.91. The van der Waals surface area contributed by atoms with Gasteiger partial charge in [0.05, 0.1) is 0 Å². The van der Waals surface area contributed by atoms with E-state index in [0.29, 0.717) is 18.4 Å². The largest absolute Gasteiger partial charge is 0.329 e. The van der Waals surface area contributed by atoms with E-state index in [2.05, 4.69) is 20.6 Å². The molecule has 2 aromatic rings. The van der Waals surface area contributed by atoms with Crippen molar-refractivity contribution in [3.05, 3.63) is 34.5 Å². The molecular weight excluding hydrogens is 236 g/mol. The summed E-state index contributed by atoms with van der Waals surface area (Å²) in [4.78, 5) is 18.0. The molecule has 1 amide bonds. The van der Waals surface area contributed by atoms with E-state index in [4.69, 9.17) is 0 Å². The minimum atomic E-state index is -0.0591. The number of hydrogen-bond acceptors (Lipinski definition) is 4. The summed E-state index contributed by atoms with van der Waals surface area (Å²) in [5, 5.41) is 10.5. The van der Waals surface area contributed by atoms with Gasteiger partial charge in [0, 0.05) is 12.6 Å². The van der Waals surface area contributed by atoms with E-state index >= 15 is 0 Å². The van der Waals surface area contributed by atoms with E-state index < -0.39 is 0 Å². The van der Waals surface area contributed by atoms with Crippen LogP contribution >= 0.6 is 11.3 Å². The van der Waals surface area contributed by atoms with Crippen LogP contribution in [0.3, 0.4) is 0 Å². The third-order valence-electron chi connectivity index (χ3n) is 2.80. The Hall–Kier alpha value is -1.69. The Labute approximate surface area is 102 Å². The maximum atomic E-state index is 12.2. The van der Waals surface area contributed by atoms with Gasteiger partial charge in [0.15, 0.2) is 0 Å². The first-order valence-electron chi connectivity index (χ1n) is 5.52. The molecular formula is C11H12N4OS. The van der Waals surface area contributed by atoms with Gasteiger partial charge in [-0.15, -0.1) is 0 Å². The molecule has 0 unspecified atom stereocenters. The number of aromatic amines is 1. The topological polar surface area (TPSA) is 61.9 Å². The van der Waals surface area contributed by atoms with Gasteiger partial charge in [0.25, 0.3) is 5.91 Å². The van der Waals surface area contributed by atoms with Crippen molar-refractivity contribution < 1.29 is 4.79 Å². The van der Waals surface area contributed by atoms with Crippen molar-refractivity contribution >= 4 is 17.2 Å². The molecule has 5 nitrogen and oxygen atoms in total. The smallest absolute Gasteiger partial charge is 0.291 e. The molecule has 1 aliphatic carbocycles. The second-order valence-electron chi connectivity index (χ2n) is 4.13. The first-order chi connectivity index (χ1) is 8.34. The minimum absolute atomic E-state index is 0.0591. The van der Waals surface area contributed by atoms with Crippen LogP contribution in [0.5, 0.6) is 0 Å². The van der Waals surface area contributed by atoms with E-state index in [-0.39, 0.29) is 5.91 Å². The molecule has 3 rings (SSSR count). The van der Waals surface area contributed by atoms with Gasteiger partial charge in [-0.1, -0.05) is 0 Å². The SMILES string of the molecule is O=C(c1ncn[nH]1)N(Cc1ccsc1)C1CC1. The van der Waals surface area contributed by atoms with Gasteiger partial charge in [0.2, 0.25) is 5.82 Å². The lowest BCUT2D eigenvalue weighted by molar-refractivity contribution is 0.0718. The van der Waals surface area contributed by atoms with Gasteiger partial charge in [-0.25, -0.2) is 4.98 Å². The summed E-state index contributed by atoms with van der Waals surface area (Å²) < 4.78 is 0. The lowest BCUT2D eigenvalue weighted by Gasteiger charge is -2.20. The Morgan fingerprint density at radius 2 is 2.47 bits per heavy atom. The summed E-state index contributed by atoms with van der Waals surface area (Å²) in [6.07, 6.45) is 3.54. The molecule has 0 spiro atoms. The van der Waals surface area contributed by atoms with Crippen molar-refractivity contribution in [3.63, 3.8) is 0 Å². The first kappa shape index (κ1) is 10.5. The van der Waals surface area contributed by atoms with Gasteiger partial charge < -0.3 is 4.90 Å². The van der Waals surface area contributed by atoms with E-state index in [1.54, 1.807) is 11.3 Å². The molecule has 0 radical (unpaired) electrons. The van der Waals surface area contributed by atoms with Gasteiger partial charge in [-0.2, -0.15) is 16.4 Å². The van der Waals surface area contributed by atoms with E-state index in [9.17, 15) is 4.79 Å². The number of nitrogens with zero attached hydrogens (tertiary/aromatic N) is 3. The number of hydrogen-bond donors (Lipinski definition) is 1. The fourth-order valence-electron chi connectivity index (χ4n) is 1.78.